The highest BCUT2D eigenvalue weighted by molar-refractivity contribution is 5.75. The normalized spacial score (nSPS) is 10.6. The summed E-state index contributed by atoms with van der Waals surface area (Å²) in [5.74, 6) is 0.356. The highest BCUT2D eigenvalue weighted by atomic mass is 16.2. The number of rotatable bonds is 8. The molecular weight excluding hydrogens is 256 g/mol. The van der Waals surface area contributed by atoms with Gasteiger partial charge in [0.05, 0.1) is 11.9 Å². The maximum atomic E-state index is 11.8. The first-order valence-corrected chi connectivity index (χ1v) is 7.10. The van der Waals surface area contributed by atoms with Crippen LogP contribution in [-0.2, 0) is 11.3 Å². The highest BCUT2D eigenvalue weighted by Gasteiger charge is 2.06. The number of aromatic nitrogens is 2. The molecule has 0 radical (unpaired) electrons. The summed E-state index contributed by atoms with van der Waals surface area (Å²) in [6.45, 7) is 7.62. The third kappa shape index (κ3) is 5.86. The van der Waals surface area contributed by atoms with E-state index in [1.807, 2.05) is 6.92 Å². The lowest BCUT2D eigenvalue weighted by Crippen LogP contribution is -2.34. The molecule has 0 saturated heterocycles. The molecule has 20 heavy (non-hydrogen) atoms. The molecule has 112 valence electrons. The van der Waals surface area contributed by atoms with E-state index in [2.05, 4.69) is 29.6 Å². The van der Waals surface area contributed by atoms with Crippen molar-refractivity contribution < 1.29 is 4.79 Å². The Morgan fingerprint density at radius 3 is 2.75 bits per heavy atom. The number of nitrogens with zero attached hydrogens (tertiary/aromatic N) is 2. The fourth-order valence-corrected chi connectivity index (χ4v) is 1.61. The molecule has 0 spiro atoms. The maximum Gasteiger partial charge on any atom is 0.269 e. The molecule has 2 N–H and O–H groups in total. The quantitative estimate of drug-likeness (QED) is 0.751. The van der Waals surface area contributed by atoms with Crippen molar-refractivity contribution in [2.45, 2.75) is 40.2 Å². The van der Waals surface area contributed by atoms with Gasteiger partial charge in [-0.15, -0.1) is 0 Å². The topological polar surface area (TPSA) is 76.0 Å². The van der Waals surface area contributed by atoms with Gasteiger partial charge in [0.25, 0.3) is 5.56 Å². The number of hydrogen-bond acceptors (Lipinski definition) is 4. The molecule has 1 heterocycles. The van der Waals surface area contributed by atoms with Crippen LogP contribution in [0.25, 0.3) is 0 Å². The monoisotopic (exact) mass is 280 g/mol. The van der Waals surface area contributed by atoms with Gasteiger partial charge >= 0.3 is 0 Å². The lowest BCUT2D eigenvalue weighted by atomic mass is 10.1. The second-order valence-corrected chi connectivity index (χ2v) is 5.20. The first-order valence-electron chi connectivity index (χ1n) is 7.10. The van der Waals surface area contributed by atoms with Crippen LogP contribution < -0.4 is 16.2 Å². The number of amides is 1. The molecule has 0 aliphatic rings. The Bertz CT molecular complexity index is 482. The molecule has 1 amide bonds. The van der Waals surface area contributed by atoms with E-state index in [1.54, 1.807) is 6.20 Å². The minimum absolute atomic E-state index is 0.0367. The zero-order valence-corrected chi connectivity index (χ0v) is 12.5. The molecule has 6 heteroatoms. The second-order valence-electron chi connectivity index (χ2n) is 5.20. The van der Waals surface area contributed by atoms with E-state index in [4.69, 9.17) is 0 Å². The number of carbonyl (C=O) groups is 1. The summed E-state index contributed by atoms with van der Waals surface area (Å²) in [4.78, 5) is 23.5. The van der Waals surface area contributed by atoms with Gasteiger partial charge in [-0.3, -0.25) is 9.59 Å². The van der Waals surface area contributed by atoms with E-state index in [-0.39, 0.29) is 18.0 Å². The predicted molar refractivity (Wildman–Crippen MR) is 79.7 cm³/mol. The summed E-state index contributed by atoms with van der Waals surface area (Å²) in [6.07, 6.45) is 3.47. The second kappa shape index (κ2) is 8.35. The lowest BCUT2D eigenvalue weighted by molar-refractivity contribution is -0.121. The minimum atomic E-state index is -0.273. The molecule has 0 aromatic carbocycles. The standard InChI is InChI=1S/C14H24N4O2/c1-4-6-15-12-8-14(20)18(17-9-12)10-13(19)16-7-5-11(2)3/h8-9,11,15H,4-7,10H2,1-3H3,(H,16,19). The van der Waals surface area contributed by atoms with Crippen molar-refractivity contribution >= 4 is 11.6 Å². The molecule has 0 aliphatic carbocycles. The van der Waals surface area contributed by atoms with Gasteiger partial charge in [0, 0.05) is 19.2 Å². The van der Waals surface area contributed by atoms with Crippen molar-refractivity contribution in [3.63, 3.8) is 0 Å². The third-order valence-electron chi connectivity index (χ3n) is 2.79. The van der Waals surface area contributed by atoms with Crippen LogP contribution in [-0.4, -0.2) is 28.8 Å². The zero-order valence-electron chi connectivity index (χ0n) is 12.5. The number of carbonyl (C=O) groups excluding carboxylic acids is 1. The molecule has 0 fully saturated rings. The van der Waals surface area contributed by atoms with Crippen molar-refractivity contribution in [1.29, 1.82) is 0 Å². The Balaban J connectivity index is 2.51. The van der Waals surface area contributed by atoms with Crippen LogP contribution in [0.1, 0.15) is 33.6 Å². The summed E-state index contributed by atoms with van der Waals surface area (Å²) < 4.78 is 1.17. The van der Waals surface area contributed by atoms with Crippen molar-refractivity contribution in [3.05, 3.63) is 22.6 Å². The van der Waals surface area contributed by atoms with Crippen molar-refractivity contribution in [2.24, 2.45) is 5.92 Å². The van der Waals surface area contributed by atoms with Crippen molar-refractivity contribution in [3.8, 4) is 0 Å². The summed E-state index contributed by atoms with van der Waals surface area (Å²) >= 11 is 0. The van der Waals surface area contributed by atoms with Crippen LogP contribution in [0, 0.1) is 5.92 Å². The van der Waals surface area contributed by atoms with Crippen LogP contribution in [0.4, 0.5) is 5.69 Å². The van der Waals surface area contributed by atoms with Crippen molar-refractivity contribution in [1.82, 2.24) is 15.1 Å². The molecule has 1 aromatic rings. The third-order valence-corrected chi connectivity index (χ3v) is 2.79. The average Bonchev–Trinajstić information content (AvgIpc) is 2.38. The first kappa shape index (κ1) is 16.2. The zero-order chi connectivity index (χ0) is 15.0. The van der Waals surface area contributed by atoms with Crippen molar-refractivity contribution in [2.75, 3.05) is 18.4 Å². The van der Waals surface area contributed by atoms with Crippen LogP contribution in [0.15, 0.2) is 17.1 Å². The smallest absolute Gasteiger partial charge is 0.269 e. The van der Waals surface area contributed by atoms with E-state index in [9.17, 15) is 9.59 Å². The summed E-state index contributed by atoms with van der Waals surface area (Å²) in [6, 6.07) is 1.46. The Kier molecular flexibility index (Phi) is 6.76. The van der Waals surface area contributed by atoms with E-state index >= 15 is 0 Å². The van der Waals surface area contributed by atoms with Gasteiger partial charge in [-0.25, -0.2) is 4.68 Å². The van der Waals surface area contributed by atoms with Gasteiger partial charge in [0.1, 0.15) is 6.54 Å². The lowest BCUT2D eigenvalue weighted by Gasteiger charge is -2.09. The molecule has 0 saturated carbocycles. The van der Waals surface area contributed by atoms with Crippen LogP contribution in [0.5, 0.6) is 0 Å². The Labute approximate surface area is 119 Å². The van der Waals surface area contributed by atoms with Gasteiger partial charge in [-0.2, -0.15) is 5.10 Å². The van der Waals surface area contributed by atoms with Gasteiger partial charge in [-0.05, 0) is 18.8 Å². The molecule has 0 unspecified atom stereocenters. The van der Waals surface area contributed by atoms with Gasteiger partial charge in [0.2, 0.25) is 5.91 Å². The van der Waals surface area contributed by atoms with Crippen LogP contribution >= 0.6 is 0 Å². The Morgan fingerprint density at radius 1 is 1.40 bits per heavy atom. The summed E-state index contributed by atoms with van der Waals surface area (Å²) in [5, 5.41) is 9.87. The maximum absolute atomic E-state index is 11.8. The van der Waals surface area contributed by atoms with Crippen LogP contribution in [0.3, 0.4) is 0 Å². The number of hydrogen-bond donors (Lipinski definition) is 2. The van der Waals surface area contributed by atoms with Gasteiger partial charge in [0.15, 0.2) is 0 Å². The number of anilines is 1. The van der Waals surface area contributed by atoms with E-state index in [0.29, 0.717) is 18.2 Å². The summed E-state index contributed by atoms with van der Waals surface area (Å²) in [7, 11) is 0. The van der Waals surface area contributed by atoms with Gasteiger partial charge < -0.3 is 10.6 Å². The van der Waals surface area contributed by atoms with E-state index < -0.39 is 0 Å². The molecule has 0 aliphatic heterocycles. The summed E-state index contributed by atoms with van der Waals surface area (Å²) in [5.41, 5.74) is 0.415. The van der Waals surface area contributed by atoms with E-state index in [0.717, 1.165) is 19.4 Å². The largest absolute Gasteiger partial charge is 0.384 e. The van der Waals surface area contributed by atoms with E-state index in [1.165, 1.54) is 10.7 Å². The highest BCUT2D eigenvalue weighted by Crippen LogP contribution is 1.99. The average molecular weight is 280 g/mol. The molecule has 1 aromatic heterocycles. The first-order chi connectivity index (χ1) is 9.52. The molecule has 0 bridgehead atoms. The minimum Gasteiger partial charge on any atom is -0.384 e. The predicted octanol–water partition coefficient (Wildman–Crippen LogP) is 1.23. The molecular formula is C14H24N4O2. The van der Waals surface area contributed by atoms with Gasteiger partial charge in [-0.1, -0.05) is 20.8 Å². The fraction of sp³-hybridized carbons (Fsp3) is 0.643. The molecule has 6 nitrogen and oxygen atoms in total. The fourth-order valence-electron chi connectivity index (χ4n) is 1.61. The SMILES string of the molecule is CCCNc1cnn(CC(=O)NCCC(C)C)c(=O)c1. The molecule has 0 atom stereocenters. The molecule has 1 rings (SSSR count). The Morgan fingerprint density at radius 2 is 2.15 bits per heavy atom. The Hall–Kier alpha value is -1.85. The van der Waals surface area contributed by atoms with Crippen LogP contribution in [0.2, 0.25) is 0 Å². The number of nitrogens with one attached hydrogen (secondary N) is 2.